The summed E-state index contributed by atoms with van der Waals surface area (Å²) < 4.78 is 5.17. The Kier molecular flexibility index (Phi) is 3.42. The molecule has 2 atom stereocenters. The van der Waals surface area contributed by atoms with Gasteiger partial charge in [-0.25, -0.2) is 0 Å². The molecule has 0 bridgehead atoms. The van der Waals surface area contributed by atoms with Crippen molar-refractivity contribution < 1.29 is 4.74 Å². The van der Waals surface area contributed by atoms with Gasteiger partial charge in [0.05, 0.1) is 12.7 Å². The Hall–Kier alpha value is 0.250. The highest BCUT2D eigenvalue weighted by Gasteiger charge is 2.28. The zero-order valence-electron chi connectivity index (χ0n) is 8.27. The van der Waals surface area contributed by atoms with Crippen molar-refractivity contribution in [2.24, 2.45) is 11.3 Å². The van der Waals surface area contributed by atoms with Crippen LogP contribution >= 0.6 is 11.6 Å². The van der Waals surface area contributed by atoms with E-state index in [2.05, 4.69) is 20.8 Å². The van der Waals surface area contributed by atoms with Crippen molar-refractivity contribution in [3.8, 4) is 0 Å². The summed E-state index contributed by atoms with van der Waals surface area (Å²) in [4.78, 5) is 0. The Labute approximate surface area is 80.4 Å². The van der Waals surface area contributed by atoms with Crippen LogP contribution in [0.5, 0.6) is 0 Å². The van der Waals surface area contributed by atoms with Crippen molar-refractivity contribution in [1.29, 1.82) is 0 Å². The molecule has 12 heavy (non-hydrogen) atoms. The Balaban J connectivity index is 2.23. The first-order valence-electron chi connectivity index (χ1n) is 4.71. The third-order valence-electron chi connectivity index (χ3n) is 2.65. The van der Waals surface area contributed by atoms with Crippen molar-refractivity contribution in [3.05, 3.63) is 0 Å². The van der Waals surface area contributed by atoms with E-state index in [4.69, 9.17) is 16.3 Å². The zero-order valence-corrected chi connectivity index (χ0v) is 9.03. The highest BCUT2D eigenvalue weighted by atomic mass is 35.5. The number of epoxide rings is 1. The van der Waals surface area contributed by atoms with Crippen LogP contribution in [0.1, 0.15) is 33.6 Å². The molecule has 1 aliphatic rings. The molecule has 1 heterocycles. The number of alkyl halides is 1. The highest BCUT2D eigenvalue weighted by molar-refractivity contribution is 6.18. The standard InChI is InChI=1S/C10H19ClO/c1-10(2,3)8(6-11)4-5-9-7-12-9/h8-9H,4-7H2,1-3H3. The summed E-state index contributed by atoms with van der Waals surface area (Å²) in [6.45, 7) is 7.74. The lowest BCUT2D eigenvalue weighted by atomic mass is 9.79. The molecule has 1 fully saturated rings. The smallest absolute Gasteiger partial charge is 0.0810 e. The van der Waals surface area contributed by atoms with E-state index in [0.29, 0.717) is 17.4 Å². The second-order valence-electron chi connectivity index (χ2n) is 4.75. The SMILES string of the molecule is CC(C)(C)C(CCl)CCC1CO1. The molecule has 1 aliphatic heterocycles. The van der Waals surface area contributed by atoms with Gasteiger partial charge in [-0.15, -0.1) is 11.6 Å². The van der Waals surface area contributed by atoms with Gasteiger partial charge in [0, 0.05) is 5.88 Å². The quantitative estimate of drug-likeness (QED) is 0.491. The van der Waals surface area contributed by atoms with Gasteiger partial charge in [0.25, 0.3) is 0 Å². The van der Waals surface area contributed by atoms with Crippen LogP contribution in [0.4, 0.5) is 0 Å². The molecule has 0 saturated carbocycles. The van der Waals surface area contributed by atoms with Gasteiger partial charge in [-0.2, -0.15) is 0 Å². The van der Waals surface area contributed by atoms with Gasteiger partial charge in [0.2, 0.25) is 0 Å². The Morgan fingerprint density at radius 1 is 1.50 bits per heavy atom. The number of rotatable bonds is 4. The summed E-state index contributed by atoms with van der Waals surface area (Å²) in [6.07, 6.45) is 2.95. The Morgan fingerprint density at radius 2 is 2.08 bits per heavy atom. The summed E-state index contributed by atoms with van der Waals surface area (Å²) in [5.41, 5.74) is 0.344. The molecular formula is C10H19ClO. The minimum atomic E-state index is 0.344. The van der Waals surface area contributed by atoms with Crippen LogP contribution in [-0.4, -0.2) is 18.6 Å². The van der Waals surface area contributed by atoms with Crippen molar-refractivity contribution in [2.75, 3.05) is 12.5 Å². The van der Waals surface area contributed by atoms with E-state index in [1.807, 2.05) is 0 Å². The molecule has 0 N–H and O–H groups in total. The molecule has 72 valence electrons. The van der Waals surface area contributed by atoms with Crippen LogP contribution in [0, 0.1) is 11.3 Å². The molecule has 0 aliphatic carbocycles. The first-order chi connectivity index (χ1) is 5.54. The van der Waals surface area contributed by atoms with Crippen molar-refractivity contribution >= 4 is 11.6 Å². The van der Waals surface area contributed by atoms with Crippen LogP contribution in [0.2, 0.25) is 0 Å². The highest BCUT2D eigenvalue weighted by Crippen LogP contribution is 2.32. The van der Waals surface area contributed by atoms with Crippen molar-refractivity contribution in [3.63, 3.8) is 0 Å². The molecule has 0 amide bonds. The molecule has 1 saturated heterocycles. The van der Waals surface area contributed by atoms with E-state index in [0.717, 1.165) is 12.5 Å². The molecule has 0 aromatic carbocycles. The summed E-state index contributed by atoms with van der Waals surface area (Å²) in [7, 11) is 0. The number of halogens is 1. The molecule has 2 unspecified atom stereocenters. The van der Waals surface area contributed by atoms with Crippen LogP contribution < -0.4 is 0 Å². The van der Waals surface area contributed by atoms with Gasteiger partial charge in [-0.1, -0.05) is 20.8 Å². The van der Waals surface area contributed by atoms with Gasteiger partial charge < -0.3 is 4.74 Å². The molecular weight excluding hydrogens is 172 g/mol. The van der Waals surface area contributed by atoms with E-state index < -0.39 is 0 Å². The van der Waals surface area contributed by atoms with E-state index in [-0.39, 0.29) is 0 Å². The fourth-order valence-electron chi connectivity index (χ4n) is 1.36. The third-order valence-corrected chi connectivity index (χ3v) is 3.02. The maximum atomic E-state index is 5.92. The molecule has 0 aromatic heterocycles. The second kappa shape index (κ2) is 3.97. The molecule has 1 nitrogen and oxygen atoms in total. The number of hydrogen-bond acceptors (Lipinski definition) is 1. The van der Waals surface area contributed by atoms with Crippen molar-refractivity contribution in [2.45, 2.75) is 39.7 Å². The molecule has 1 rings (SSSR count). The van der Waals surface area contributed by atoms with Crippen LogP contribution in [0.3, 0.4) is 0 Å². The van der Waals surface area contributed by atoms with Gasteiger partial charge >= 0.3 is 0 Å². The first kappa shape index (κ1) is 10.3. The monoisotopic (exact) mass is 190 g/mol. The fourth-order valence-corrected chi connectivity index (χ4v) is 1.98. The lowest BCUT2D eigenvalue weighted by molar-refractivity contribution is 0.237. The summed E-state index contributed by atoms with van der Waals surface area (Å²) in [5, 5.41) is 0. The maximum Gasteiger partial charge on any atom is 0.0810 e. The van der Waals surface area contributed by atoms with E-state index in [1.165, 1.54) is 12.8 Å². The van der Waals surface area contributed by atoms with Crippen LogP contribution in [-0.2, 0) is 4.74 Å². The largest absolute Gasteiger partial charge is 0.373 e. The second-order valence-corrected chi connectivity index (χ2v) is 5.06. The van der Waals surface area contributed by atoms with E-state index in [1.54, 1.807) is 0 Å². The predicted octanol–water partition coefficient (Wildman–Crippen LogP) is 3.07. The minimum Gasteiger partial charge on any atom is -0.373 e. The van der Waals surface area contributed by atoms with Gasteiger partial charge in [0.15, 0.2) is 0 Å². The van der Waals surface area contributed by atoms with Crippen molar-refractivity contribution in [1.82, 2.24) is 0 Å². The average Bonchev–Trinajstić information content (AvgIpc) is 2.69. The Morgan fingerprint density at radius 3 is 2.42 bits per heavy atom. The van der Waals surface area contributed by atoms with E-state index >= 15 is 0 Å². The lowest BCUT2D eigenvalue weighted by Crippen LogP contribution is -2.22. The molecule has 0 aromatic rings. The first-order valence-corrected chi connectivity index (χ1v) is 5.25. The van der Waals surface area contributed by atoms with Crippen LogP contribution in [0.25, 0.3) is 0 Å². The normalized spacial score (nSPS) is 25.5. The lowest BCUT2D eigenvalue weighted by Gasteiger charge is -2.28. The van der Waals surface area contributed by atoms with E-state index in [9.17, 15) is 0 Å². The fraction of sp³-hybridized carbons (Fsp3) is 1.00. The minimum absolute atomic E-state index is 0.344. The molecule has 0 radical (unpaired) electrons. The number of hydrogen-bond donors (Lipinski definition) is 0. The average molecular weight is 191 g/mol. The summed E-state index contributed by atoms with van der Waals surface area (Å²) in [5.74, 6) is 1.40. The molecule has 2 heteroatoms. The topological polar surface area (TPSA) is 12.5 Å². The molecule has 0 spiro atoms. The van der Waals surface area contributed by atoms with Gasteiger partial charge in [-0.3, -0.25) is 0 Å². The number of ether oxygens (including phenoxy) is 1. The van der Waals surface area contributed by atoms with Gasteiger partial charge in [-0.05, 0) is 24.2 Å². The maximum absolute atomic E-state index is 5.92. The zero-order chi connectivity index (χ0) is 9.19. The summed E-state index contributed by atoms with van der Waals surface area (Å²) >= 11 is 5.92. The van der Waals surface area contributed by atoms with Gasteiger partial charge in [0.1, 0.15) is 0 Å². The van der Waals surface area contributed by atoms with Crippen LogP contribution in [0.15, 0.2) is 0 Å². The third kappa shape index (κ3) is 3.32. The predicted molar refractivity (Wildman–Crippen MR) is 52.6 cm³/mol. The Bertz CT molecular complexity index is 135. The summed E-state index contributed by atoms with van der Waals surface area (Å²) in [6, 6.07) is 0.